The lowest BCUT2D eigenvalue weighted by atomic mass is 9.79. The standard InChI is InChI=1S/C25H40N2/c1-7-9-10-11-12-16-25(5,6)21-13-14-23-20(17-21)18-22(26-27-23)19-24(3,4)15-8-2/h13-14,17-18H,7-12,15-16,19H2,1-6H3. The molecule has 1 aromatic carbocycles. The van der Waals surface area contributed by atoms with E-state index in [4.69, 9.17) is 0 Å². The Morgan fingerprint density at radius 1 is 0.778 bits per heavy atom. The van der Waals surface area contributed by atoms with Crippen LogP contribution in [-0.4, -0.2) is 10.2 Å². The summed E-state index contributed by atoms with van der Waals surface area (Å²) in [6.45, 7) is 14.0. The van der Waals surface area contributed by atoms with Crippen LogP contribution in [0.2, 0.25) is 0 Å². The molecule has 0 saturated heterocycles. The summed E-state index contributed by atoms with van der Waals surface area (Å²) in [7, 11) is 0. The monoisotopic (exact) mass is 368 g/mol. The number of nitrogens with zero attached hydrogens (tertiary/aromatic N) is 2. The highest BCUT2D eigenvalue weighted by molar-refractivity contribution is 5.79. The van der Waals surface area contributed by atoms with Gasteiger partial charge in [0.25, 0.3) is 0 Å². The van der Waals surface area contributed by atoms with Gasteiger partial charge in [-0.1, -0.05) is 86.1 Å². The molecule has 0 aliphatic rings. The molecule has 2 rings (SSSR count). The second-order valence-corrected chi connectivity index (χ2v) is 9.75. The predicted molar refractivity (Wildman–Crippen MR) is 118 cm³/mol. The zero-order chi connectivity index (χ0) is 19.9. The van der Waals surface area contributed by atoms with Crippen LogP contribution in [0.3, 0.4) is 0 Å². The molecule has 0 saturated carbocycles. The summed E-state index contributed by atoms with van der Waals surface area (Å²) in [6, 6.07) is 9.02. The molecule has 150 valence electrons. The van der Waals surface area contributed by atoms with Crippen molar-refractivity contribution in [1.82, 2.24) is 10.2 Å². The smallest absolute Gasteiger partial charge is 0.0930 e. The van der Waals surface area contributed by atoms with E-state index in [1.54, 1.807) is 0 Å². The molecule has 1 heterocycles. The molecule has 0 spiro atoms. The fraction of sp³-hybridized carbons (Fsp3) is 0.680. The Morgan fingerprint density at radius 3 is 2.22 bits per heavy atom. The maximum absolute atomic E-state index is 4.49. The van der Waals surface area contributed by atoms with Gasteiger partial charge in [-0.3, -0.25) is 0 Å². The van der Waals surface area contributed by atoms with Crippen LogP contribution >= 0.6 is 0 Å². The molecule has 0 unspecified atom stereocenters. The van der Waals surface area contributed by atoms with E-state index in [-0.39, 0.29) is 10.8 Å². The van der Waals surface area contributed by atoms with Gasteiger partial charge in [0.1, 0.15) is 0 Å². The van der Waals surface area contributed by atoms with Gasteiger partial charge >= 0.3 is 0 Å². The van der Waals surface area contributed by atoms with Gasteiger partial charge in [-0.05, 0) is 53.9 Å². The van der Waals surface area contributed by atoms with Crippen molar-refractivity contribution in [2.45, 2.75) is 105 Å². The molecule has 0 amide bonds. The van der Waals surface area contributed by atoms with Crippen LogP contribution in [0.4, 0.5) is 0 Å². The minimum Gasteiger partial charge on any atom is -0.155 e. The third kappa shape index (κ3) is 6.59. The van der Waals surface area contributed by atoms with E-state index < -0.39 is 0 Å². The Bertz CT molecular complexity index is 715. The van der Waals surface area contributed by atoms with Crippen LogP contribution < -0.4 is 0 Å². The Morgan fingerprint density at radius 2 is 1.52 bits per heavy atom. The average molecular weight is 369 g/mol. The summed E-state index contributed by atoms with van der Waals surface area (Å²) >= 11 is 0. The van der Waals surface area contributed by atoms with Crippen molar-refractivity contribution in [3.8, 4) is 0 Å². The first-order chi connectivity index (χ1) is 12.8. The number of fused-ring (bicyclic) bond motifs is 1. The molecule has 0 aliphatic carbocycles. The lowest BCUT2D eigenvalue weighted by Gasteiger charge is -2.26. The SMILES string of the molecule is CCCCCCCC(C)(C)c1ccc2nnc(CC(C)(C)CCC)cc2c1. The highest BCUT2D eigenvalue weighted by Gasteiger charge is 2.21. The van der Waals surface area contributed by atoms with Crippen molar-refractivity contribution in [1.29, 1.82) is 0 Å². The highest BCUT2D eigenvalue weighted by atomic mass is 15.1. The zero-order valence-electron chi connectivity index (χ0n) is 18.6. The topological polar surface area (TPSA) is 25.8 Å². The van der Waals surface area contributed by atoms with Crippen molar-refractivity contribution in [3.05, 3.63) is 35.5 Å². The van der Waals surface area contributed by atoms with Crippen LogP contribution in [0.5, 0.6) is 0 Å². The first-order valence-corrected chi connectivity index (χ1v) is 11.0. The molecule has 2 heteroatoms. The van der Waals surface area contributed by atoms with Crippen molar-refractivity contribution in [3.63, 3.8) is 0 Å². The second kappa shape index (κ2) is 9.66. The van der Waals surface area contributed by atoms with Crippen LogP contribution in [0.25, 0.3) is 10.9 Å². The van der Waals surface area contributed by atoms with Crippen molar-refractivity contribution in [2.75, 3.05) is 0 Å². The first kappa shape index (κ1) is 21.9. The maximum atomic E-state index is 4.49. The largest absolute Gasteiger partial charge is 0.155 e. The molecule has 0 bridgehead atoms. The molecule has 27 heavy (non-hydrogen) atoms. The third-order valence-corrected chi connectivity index (χ3v) is 5.91. The molecular formula is C25H40N2. The van der Waals surface area contributed by atoms with E-state index in [2.05, 4.69) is 76.0 Å². The third-order valence-electron chi connectivity index (χ3n) is 5.91. The van der Waals surface area contributed by atoms with Gasteiger partial charge < -0.3 is 0 Å². The normalized spacial score (nSPS) is 12.7. The van der Waals surface area contributed by atoms with E-state index in [0.717, 1.165) is 17.6 Å². The number of benzene rings is 1. The second-order valence-electron chi connectivity index (χ2n) is 9.75. The molecule has 0 N–H and O–H groups in total. The summed E-state index contributed by atoms with van der Waals surface area (Å²) in [6.07, 6.45) is 11.4. The summed E-state index contributed by atoms with van der Waals surface area (Å²) in [5, 5.41) is 10.2. The quantitative estimate of drug-likeness (QED) is 0.381. The van der Waals surface area contributed by atoms with Crippen LogP contribution in [-0.2, 0) is 11.8 Å². The van der Waals surface area contributed by atoms with Crippen molar-refractivity contribution in [2.24, 2.45) is 5.41 Å². The molecule has 2 aromatic rings. The highest BCUT2D eigenvalue weighted by Crippen LogP contribution is 2.32. The fourth-order valence-electron chi connectivity index (χ4n) is 4.17. The summed E-state index contributed by atoms with van der Waals surface area (Å²) in [5.41, 5.74) is 4.06. The Kier molecular flexibility index (Phi) is 7.82. The van der Waals surface area contributed by atoms with Gasteiger partial charge in [-0.15, -0.1) is 0 Å². The van der Waals surface area contributed by atoms with E-state index in [0.29, 0.717) is 0 Å². The molecule has 2 nitrogen and oxygen atoms in total. The van der Waals surface area contributed by atoms with E-state index >= 15 is 0 Å². The van der Waals surface area contributed by atoms with Crippen molar-refractivity contribution >= 4 is 10.9 Å². The van der Waals surface area contributed by atoms with Gasteiger partial charge in [0.2, 0.25) is 0 Å². The van der Waals surface area contributed by atoms with Crippen LogP contribution in [0.1, 0.15) is 104 Å². The maximum Gasteiger partial charge on any atom is 0.0930 e. The predicted octanol–water partition coefficient (Wildman–Crippen LogP) is 7.64. The molecule has 0 atom stereocenters. The number of hydrogen-bond donors (Lipinski definition) is 0. The summed E-state index contributed by atoms with van der Waals surface area (Å²) in [5.74, 6) is 0. The van der Waals surface area contributed by atoms with Crippen molar-refractivity contribution < 1.29 is 0 Å². The van der Waals surface area contributed by atoms with Gasteiger partial charge in [-0.25, -0.2) is 0 Å². The lowest BCUT2D eigenvalue weighted by Crippen LogP contribution is -2.17. The van der Waals surface area contributed by atoms with Gasteiger partial charge in [0, 0.05) is 5.39 Å². The lowest BCUT2D eigenvalue weighted by molar-refractivity contribution is 0.325. The summed E-state index contributed by atoms with van der Waals surface area (Å²) < 4.78 is 0. The Balaban J connectivity index is 2.14. The number of aromatic nitrogens is 2. The van der Waals surface area contributed by atoms with E-state index in [1.165, 1.54) is 62.3 Å². The van der Waals surface area contributed by atoms with Gasteiger partial charge in [0.05, 0.1) is 11.2 Å². The van der Waals surface area contributed by atoms with Gasteiger partial charge in [-0.2, -0.15) is 10.2 Å². The Hall–Kier alpha value is -1.44. The zero-order valence-corrected chi connectivity index (χ0v) is 18.6. The van der Waals surface area contributed by atoms with Gasteiger partial charge in [0.15, 0.2) is 0 Å². The Labute approximate surface area is 167 Å². The van der Waals surface area contributed by atoms with Crippen LogP contribution in [0, 0.1) is 5.41 Å². The molecule has 0 fully saturated rings. The van der Waals surface area contributed by atoms with Crippen LogP contribution in [0.15, 0.2) is 24.3 Å². The number of unbranched alkanes of at least 4 members (excludes halogenated alkanes) is 4. The minimum absolute atomic E-state index is 0.214. The number of hydrogen-bond acceptors (Lipinski definition) is 2. The minimum atomic E-state index is 0.214. The molecule has 1 aromatic heterocycles. The van der Waals surface area contributed by atoms with E-state index in [1.807, 2.05) is 0 Å². The average Bonchev–Trinajstić information content (AvgIpc) is 2.60. The fourth-order valence-corrected chi connectivity index (χ4v) is 4.17. The number of rotatable bonds is 11. The summed E-state index contributed by atoms with van der Waals surface area (Å²) in [4.78, 5) is 0. The van der Waals surface area contributed by atoms with E-state index in [9.17, 15) is 0 Å². The molecule has 0 radical (unpaired) electrons. The molecular weight excluding hydrogens is 328 g/mol. The molecule has 0 aliphatic heterocycles. The first-order valence-electron chi connectivity index (χ1n) is 11.0.